The maximum atomic E-state index is 13.5. The van der Waals surface area contributed by atoms with Crippen molar-refractivity contribution in [1.82, 2.24) is 0 Å². The van der Waals surface area contributed by atoms with E-state index in [0.717, 1.165) is 0 Å². The van der Waals surface area contributed by atoms with Crippen molar-refractivity contribution < 1.29 is 18.7 Å². The lowest BCUT2D eigenvalue weighted by Gasteiger charge is -2.04. The fraction of sp³-hybridized carbons (Fsp3) is 0. The zero-order valence-electron chi connectivity index (χ0n) is 7.91. The van der Waals surface area contributed by atoms with Crippen molar-refractivity contribution in [3.8, 4) is 17.1 Å². The van der Waals surface area contributed by atoms with Gasteiger partial charge in [0.1, 0.15) is 17.3 Å². The SMILES string of the molecule is O=Cc1ccc(-c2c(F)ccc(Br)c2O)o1. The van der Waals surface area contributed by atoms with Gasteiger partial charge in [-0.25, -0.2) is 4.39 Å². The van der Waals surface area contributed by atoms with Crippen LogP contribution in [-0.4, -0.2) is 11.4 Å². The maximum absolute atomic E-state index is 13.5. The molecule has 0 aliphatic rings. The lowest BCUT2D eigenvalue weighted by atomic mass is 10.1. The molecule has 0 aliphatic heterocycles. The summed E-state index contributed by atoms with van der Waals surface area (Å²) in [6.07, 6.45) is 0.510. The van der Waals surface area contributed by atoms with Crippen molar-refractivity contribution in [2.45, 2.75) is 0 Å². The zero-order valence-corrected chi connectivity index (χ0v) is 9.49. The minimum atomic E-state index is -0.618. The summed E-state index contributed by atoms with van der Waals surface area (Å²) in [5.74, 6) is -0.688. The summed E-state index contributed by atoms with van der Waals surface area (Å²) >= 11 is 3.07. The molecule has 5 heteroatoms. The third-order valence-electron chi connectivity index (χ3n) is 2.07. The average molecular weight is 285 g/mol. The highest BCUT2D eigenvalue weighted by molar-refractivity contribution is 9.10. The van der Waals surface area contributed by atoms with Gasteiger partial charge in [-0.15, -0.1) is 0 Å². The molecule has 1 heterocycles. The molecule has 1 N–H and O–H groups in total. The van der Waals surface area contributed by atoms with E-state index in [1.54, 1.807) is 0 Å². The number of carbonyl (C=O) groups excluding carboxylic acids is 1. The van der Waals surface area contributed by atoms with Crippen LogP contribution >= 0.6 is 15.9 Å². The van der Waals surface area contributed by atoms with Gasteiger partial charge in [0.15, 0.2) is 12.0 Å². The van der Waals surface area contributed by atoms with E-state index < -0.39 is 5.82 Å². The molecule has 2 aromatic rings. The van der Waals surface area contributed by atoms with E-state index in [1.807, 2.05) is 0 Å². The van der Waals surface area contributed by atoms with Crippen molar-refractivity contribution in [2.75, 3.05) is 0 Å². The highest BCUT2D eigenvalue weighted by atomic mass is 79.9. The van der Waals surface area contributed by atoms with E-state index in [0.29, 0.717) is 10.8 Å². The van der Waals surface area contributed by atoms with Crippen LogP contribution in [0.1, 0.15) is 10.6 Å². The standard InChI is InChI=1S/C11H6BrFO3/c12-7-2-3-8(13)10(11(7)15)9-4-1-6(5-14)16-9/h1-5,15H. The van der Waals surface area contributed by atoms with Crippen LogP contribution in [0.15, 0.2) is 33.2 Å². The quantitative estimate of drug-likeness (QED) is 0.861. The number of hydrogen-bond donors (Lipinski definition) is 1. The lowest BCUT2D eigenvalue weighted by Crippen LogP contribution is -1.84. The smallest absolute Gasteiger partial charge is 0.185 e. The van der Waals surface area contributed by atoms with Gasteiger partial charge in [-0.1, -0.05) is 0 Å². The molecule has 1 aromatic heterocycles. The maximum Gasteiger partial charge on any atom is 0.185 e. The minimum absolute atomic E-state index is 0.0672. The molecule has 0 atom stereocenters. The summed E-state index contributed by atoms with van der Waals surface area (Å²) in [7, 11) is 0. The van der Waals surface area contributed by atoms with E-state index in [-0.39, 0.29) is 22.8 Å². The van der Waals surface area contributed by atoms with E-state index in [1.165, 1.54) is 24.3 Å². The average Bonchev–Trinajstić information content (AvgIpc) is 2.73. The number of carbonyl (C=O) groups is 1. The van der Waals surface area contributed by atoms with Gasteiger partial charge in [0.25, 0.3) is 0 Å². The molecule has 0 fully saturated rings. The van der Waals surface area contributed by atoms with Gasteiger partial charge in [0.05, 0.1) is 10.0 Å². The summed E-state index contributed by atoms with van der Waals surface area (Å²) in [6.45, 7) is 0. The second kappa shape index (κ2) is 4.09. The molecule has 0 aliphatic carbocycles. The van der Waals surface area contributed by atoms with E-state index in [4.69, 9.17) is 4.42 Å². The van der Waals surface area contributed by atoms with E-state index in [9.17, 15) is 14.3 Å². The number of aromatic hydroxyl groups is 1. The number of benzene rings is 1. The summed E-state index contributed by atoms with van der Waals surface area (Å²) in [4.78, 5) is 10.4. The Kier molecular flexibility index (Phi) is 2.78. The van der Waals surface area contributed by atoms with Crippen LogP contribution in [0.3, 0.4) is 0 Å². The first-order chi connectivity index (χ1) is 7.63. The molecule has 0 unspecified atom stereocenters. The largest absolute Gasteiger partial charge is 0.506 e. The summed E-state index contributed by atoms with van der Waals surface area (Å²) < 4.78 is 18.9. The molecule has 82 valence electrons. The summed E-state index contributed by atoms with van der Waals surface area (Å²) in [6, 6.07) is 5.41. The normalized spacial score (nSPS) is 10.4. The molecule has 0 saturated heterocycles. The van der Waals surface area contributed by atoms with Gasteiger partial charge in [0.2, 0.25) is 0 Å². The lowest BCUT2D eigenvalue weighted by molar-refractivity contribution is 0.110. The van der Waals surface area contributed by atoms with E-state index >= 15 is 0 Å². The van der Waals surface area contributed by atoms with Gasteiger partial charge in [0, 0.05) is 0 Å². The molecule has 0 saturated carbocycles. The molecule has 0 amide bonds. The number of rotatable bonds is 2. The molecule has 16 heavy (non-hydrogen) atoms. The molecule has 3 nitrogen and oxygen atoms in total. The fourth-order valence-corrected chi connectivity index (χ4v) is 1.66. The summed E-state index contributed by atoms with van der Waals surface area (Å²) in [5, 5.41) is 9.68. The second-order valence-corrected chi connectivity index (χ2v) is 3.93. The van der Waals surface area contributed by atoms with Gasteiger partial charge >= 0.3 is 0 Å². The predicted molar refractivity (Wildman–Crippen MR) is 58.9 cm³/mol. The molecule has 2 rings (SSSR count). The highest BCUT2D eigenvalue weighted by Crippen LogP contribution is 2.37. The van der Waals surface area contributed by atoms with Crippen LogP contribution in [-0.2, 0) is 0 Å². The minimum Gasteiger partial charge on any atom is -0.506 e. The van der Waals surface area contributed by atoms with Gasteiger partial charge in [-0.05, 0) is 40.2 Å². The number of phenols is 1. The van der Waals surface area contributed by atoms with Crippen LogP contribution < -0.4 is 0 Å². The van der Waals surface area contributed by atoms with Crippen LogP contribution in [0.4, 0.5) is 4.39 Å². The van der Waals surface area contributed by atoms with Crippen molar-refractivity contribution in [3.63, 3.8) is 0 Å². The third kappa shape index (κ3) is 1.74. The monoisotopic (exact) mass is 284 g/mol. The number of phenolic OH excluding ortho intramolecular Hbond substituents is 1. The Labute approximate surface area is 98.6 Å². The van der Waals surface area contributed by atoms with Crippen LogP contribution in [0.5, 0.6) is 5.75 Å². The Morgan fingerprint density at radius 2 is 2.06 bits per heavy atom. The van der Waals surface area contributed by atoms with Crippen LogP contribution in [0, 0.1) is 5.82 Å². The topological polar surface area (TPSA) is 50.4 Å². The van der Waals surface area contributed by atoms with Crippen molar-refractivity contribution in [3.05, 3.63) is 40.3 Å². The Morgan fingerprint density at radius 1 is 1.31 bits per heavy atom. The molecular weight excluding hydrogens is 279 g/mol. The highest BCUT2D eigenvalue weighted by Gasteiger charge is 2.16. The number of hydrogen-bond acceptors (Lipinski definition) is 3. The molecule has 0 spiro atoms. The van der Waals surface area contributed by atoms with Crippen molar-refractivity contribution in [2.24, 2.45) is 0 Å². The number of halogens is 2. The Balaban J connectivity index is 2.63. The first kappa shape index (κ1) is 10.9. The van der Waals surface area contributed by atoms with Gasteiger partial charge < -0.3 is 9.52 Å². The van der Waals surface area contributed by atoms with Gasteiger partial charge in [-0.2, -0.15) is 0 Å². The number of furan rings is 1. The van der Waals surface area contributed by atoms with Crippen LogP contribution in [0.2, 0.25) is 0 Å². The third-order valence-corrected chi connectivity index (χ3v) is 2.71. The molecule has 0 radical (unpaired) electrons. The van der Waals surface area contributed by atoms with Gasteiger partial charge in [-0.3, -0.25) is 4.79 Å². The zero-order chi connectivity index (χ0) is 11.7. The fourth-order valence-electron chi connectivity index (χ4n) is 1.33. The predicted octanol–water partition coefficient (Wildman–Crippen LogP) is 3.37. The molecular formula is C11H6BrFO3. The first-order valence-electron chi connectivity index (χ1n) is 4.36. The molecule has 0 bridgehead atoms. The van der Waals surface area contributed by atoms with Crippen molar-refractivity contribution in [1.29, 1.82) is 0 Å². The van der Waals surface area contributed by atoms with E-state index in [2.05, 4.69) is 15.9 Å². The number of aldehydes is 1. The summed E-state index contributed by atoms with van der Waals surface area (Å²) in [5.41, 5.74) is -0.0672. The second-order valence-electron chi connectivity index (χ2n) is 3.07. The Hall–Kier alpha value is -1.62. The Morgan fingerprint density at radius 3 is 2.69 bits per heavy atom. The Bertz CT molecular complexity index is 548. The first-order valence-corrected chi connectivity index (χ1v) is 5.15. The molecule has 1 aromatic carbocycles. The van der Waals surface area contributed by atoms with Crippen LogP contribution in [0.25, 0.3) is 11.3 Å². The van der Waals surface area contributed by atoms with Crippen molar-refractivity contribution >= 4 is 22.2 Å².